The van der Waals surface area contributed by atoms with Crippen LogP contribution in [0.3, 0.4) is 0 Å². The Kier molecular flexibility index (Phi) is 5.67. The highest BCUT2D eigenvalue weighted by molar-refractivity contribution is 7.88. The van der Waals surface area contributed by atoms with Gasteiger partial charge in [-0.1, -0.05) is 11.3 Å². The fourth-order valence-electron chi connectivity index (χ4n) is 3.98. The molecule has 1 aromatic carbocycles. The third-order valence-corrected chi connectivity index (χ3v) is 8.00. The van der Waals surface area contributed by atoms with Gasteiger partial charge in [0.1, 0.15) is 5.75 Å². The zero-order valence-electron chi connectivity index (χ0n) is 16.7. The Morgan fingerprint density at radius 1 is 1.21 bits per heavy atom. The van der Waals surface area contributed by atoms with Crippen molar-refractivity contribution in [2.24, 2.45) is 5.92 Å². The molecule has 0 N–H and O–H groups in total. The quantitative estimate of drug-likeness (QED) is 0.722. The van der Waals surface area contributed by atoms with Crippen LogP contribution < -0.4 is 9.64 Å². The van der Waals surface area contributed by atoms with E-state index in [1.54, 1.807) is 18.4 Å². The lowest BCUT2D eigenvalue weighted by molar-refractivity contribution is -0.137. The Hall–Kier alpha value is -1.91. The van der Waals surface area contributed by atoms with E-state index in [1.807, 2.05) is 23.1 Å². The summed E-state index contributed by atoms with van der Waals surface area (Å²) in [5, 5.41) is 0.960. The molecule has 29 heavy (non-hydrogen) atoms. The Morgan fingerprint density at radius 2 is 1.97 bits per heavy atom. The van der Waals surface area contributed by atoms with Crippen LogP contribution in [-0.2, 0) is 14.8 Å². The first-order valence-electron chi connectivity index (χ1n) is 9.78. The number of hydrogen-bond acceptors (Lipinski definition) is 7. The molecule has 2 saturated heterocycles. The molecular weight excluding hydrogens is 412 g/mol. The van der Waals surface area contributed by atoms with Gasteiger partial charge in [0.15, 0.2) is 5.13 Å². The maximum atomic E-state index is 12.9. The lowest BCUT2D eigenvalue weighted by Crippen LogP contribution is -2.53. The zero-order chi connectivity index (χ0) is 20.6. The lowest BCUT2D eigenvalue weighted by atomic mass is 9.98. The van der Waals surface area contributed by atoms with E-state index in [-0.39, 0.29) is 11.8 Å². The van der Waals surface area contributed by atoms with E-state index in [1.165, 1.54) is 10.6 Å². The number of aromatic nitrogens is 1. The molecule has 1 atom stereocenters. The minimum Gasteiger partial charge on any atom is -0.497 e. The summed E-state index contributed by atoms with van der Waals surface area (Å²) in [6.07, 6.45) is 2.70. The predicted octanol–water partition coefficient (Wildman–Crippen LogP) is 1.63. The van der Waals surface area contributed by atoms with Gasteiger partial charge < -0.3 is 14.5 Å². The Bertz CT molecular complexity index is 999. The monoisotopic (exact) mass is 438 g/mol. The highest BCUT2D eigenvalue weighted by Crippen LogP contribution is 2.32. The standard InChI is InChI=1S/C19H26N4O4S2/c1-27-15-5-6-16-17(12-15)28-19(20-16)22-10-8-21(9-11-22)18(24)14-4-3-7-23(13-14)29(2,25)26/h5-6,12,14H,3-4,7-11,13H2,1-2H3/t14-/m1/s1. The number of benzene rings is 1. The van der Waals surface area contributed by atoms with Crippen LogP contribution in [0.5, 0.6) is 5.75 Å². The van der Waals surface area contributed by atoms with E-state index in [0.29, 0.717) is 26.2 Å². The third-order valence-electron chi connectivity index (χ3n) is 5.65. The second-order valence-corrected chi connectivity index (χ2v) is 10.6. The molecule has 158 valence electrons. The van der Waals surface area contributed by atoms with Crippen LogP contribution in [0.15, 0.2) is 18.2 Å². The summed E-state index contributed by atoms with van der Waals surface area (Å²) in [5.74, 6) is 0.658. The molecule has 4 rings (SSSR count). The van der Waals surface area contributed by atoms with Crippen LogP contribution in [0.2, 0.25) is 0 Å². The molecule has 8 nitrogen and oxygen atoms in total. The predicted molar refractivity (Wildman–Crippen MR) is 114 cm³/mol. The first-order valence-corrected chi connectivity index (χ1v) is 12.4. The molecular formula is C19H26N4O4S2. The van der Waals surface area contributed by atoms with E-state index in [2.05, 4.69) is 4.90 Å². The highest BCUT2D eigenvalue weighted by atomic mass is 32.2. The van der Waals surface area contributed by atoms with Gasteiger partial charge in [-0.25, -0.2) is 17.7 Å². The number of piperazine rings is 1. The minimum absolute atomic E-state index is 0.0760. The molecule has 2 aromatic rings. The second-order valence-electron chi connectivity index (χ2n) is 7.60. The number of ether oxygens (including phenoxy) is 1. The number of carbonyl (C=O) groups is 1. The number of nitrogens with zero attached hydrogens (tertiary/aromatic N) is 4. The first kappa shape index (κ1) is 20.4. The number of anilines is 1. The van der Waals surface area contributed by atoms with Crippen molar-refractivity contribution in [1.29, 1.82) is 0 Å². The fraction of sp³-hybridized carbons (Fsp3) is 0.579. The van der Waals surface area contributed by atoms with E-state index in [0.717, 1.165) is 47.0 Å². The molecule has 10 heteroatoms. The summed E-state index contributed by atoms with van der Waals surface area (Å²) in [4.78, 5) is 21.8. The van der Waals surface area contributed by atoms with E-state index >= 15 is 0 Å². The lowest BCUT2D eigenvalue weighted by Gasteiger charge is -2.38. The molecule has 0 saturated carbocycles. The summed E-state index contributed by atoms with van der Waals surface area (Å²) in [6, 6.07) is 5.86. The summed E-state index contributed by atoms with van der Waals surface area (Å²) in [7, 11) is -1.59. The van der Waals surface area contributed by atoms with Crippen LogP contribution in [0, 0.1) is 5.92 Å². The van der Waals surface area contributed by atoms with Gasteiger partial charge in [0.05, 0.1) is 29.5 Å². The second kappa shape index (κ2) is 8.08. The van der Waals surface area contributed by atoms with Gasteiger partial charge in [0, 0.05) is 39.3 Å². The summed E-state index contributed by atoms with van der Waals surface area (Å²) >= 11 is 1.63. The third kappa shape index (κ3) is 4.34. The highest BCUT2D eigenvalue weighted by Gasteiger charge is 2.34. The number of thiazole rings is 1. The Morgan fingerprint density at radius 3 is 2.66 bits per heavy atom. The molecule has 0 bridgehead atoms. The van der Waals surface area contributed by atoms with Crippen LogP contribution in [0.4, 0.5) is 5.13 Å². The molecule has 1 amide bonds. The number of rotatable bonds is 4. The molecule has 1 aromatic heterocycles. The maximum absolute atomic E-state index is 12.9. The summed E-state index contributed by atoms with van der Waals surface area (Å²) in [6.45, 7) is 3.54. The number of amides is 1. The van der Waals surface area contributed by atoms with E-state index in [4.69, 9.17) is 9.72 Å². The molecule has 2 aliphatic heterocycles. The van der Waals surface area contributed by atoms with Crippen molar-refractivity contribution < 1.29 is 17.9 Å². The molecule has 0 unspecified atom stereocenters. The number of methoxy groups -OCH3 is 1. The normalized spacial score (nSPS) is 21.5. The topological polar surface area (TPSA) is 83.1 Å². The maximum Gasteiger partial charge on any atom is 0.227 e. The van der Waals surface area contributed by atoms with Gasteiger partial charge in [-0.15, -0.1) is 0 Å². The first-order chi connectivity index (χ1) is 13.8. The van der Waals surface area contributed by atoms with E-state index < -0.39 is 10.0 Å². The van der Waals surface area contributed by atoms with Crippen molar-refractivity contribution in [3.63, 3.8) is 0 Å². The Balaban J connectivity index is 1.38. The van der Waals surface area contributed by atoms with Crippen molar-refractivity contribution in [2.75, 3.05) is 57.5 Å². The largest absolute Gasteiger partial charge is 0.497 e. The van der Waals surface area contributed by atoms with E-state index in [9.17, 15) is 13.2 Å². The van der Waals surface area contributed by atoms with Gasteiger partial charge in [-0.2, -0.15) is 0 Å². The molecule has 0 radical (unpaired) electrons. The number of piperidine rings is 1. The van der Waals surface area contributed by atoms with Gasteiger partial charge in [0.2, 0.25) is 15.9 Å². The molecule has 0 spiro atoms. The average molecular weight is 439 g/mol. The van der Waals surface area contributed by atoms with Crippen LogP contribution in [0.25, 0.3) is 10.2 Å². The van der Waals surface area contributed by atoms with Crippen molar-refractivity contribution in [3.05, 3.63) is 18.2 Å². The summed E-state index contributed by atoms with van der Waals surface area (Å²) < 4.78 is 31.5. The zero-order valence-corrected chi connectivity index (χ0v) is 18.3. The van der Waals surface area contributed by atoms with Gasteiger partial charge in [0.25, 0.3) is 0 Å². The molecule has 2 aliphatic rings. The van der Waals surface area contributed by atoms with Crippen LogP contribution >= 0.6 is 11.3 Å². The van der Waals surface area contributed by atoms with Gasteiger partial charge >= 0.3 is 0 Å². The summed E-state index contributed by atoms with van der Waals surface area (Å²) in [5.41, 5.74) is 0.951. The fourth-order valence-corrected chi connectivity index (χ4v) is 5.93. The Labute approximate surface area is 175 Å². The van der Waals surface area contributed by atoms with Crippen molar-refractivity contribution in [1.82, 2.24) is 14.2 Å². The molecule has 2 fully saturated rings. The van der Waals surface area contributed by atoms with Crippen molar-refractivity contribution in [3.8, 4) is 5.75 Å². The van der Waals surface area contributed by atoms with Crippen molar-refractivity contribution in [2.45, 2.75) is 12.8 Å². The van der Waals surface area contributed by atoms with Gasteiger partial charge in [-0.3, -0.25) is 4.79 Å². The number of carbonyl (C=O) groups excluding carboxylic acids is 1. The smallest absolute Gasteiger partial charge is 0.227 e. The number of fused-ring (bicyclic) bond motifs is 1. The van der Waals surface area contributed by atoms with Crippen LogP contribution in [0.1, 0.15) is 12.8 Å². The molecule has 3 heterocycles. The van der Waals surface area contributed by atoms with Gasteiger partial charge in [-0.05, 0) is 31.0 Å². The average Bonchev–Trinajstić information content (AvgIpc) is 3.16. The van der Waals surface area contributed by atoms with Crippen molar-refractivity contribution >= 4 is 42.6 Å². The minimum atomic E-state index is -3.25. The number of hydrogen-bond donors (Lipinski definition) is 0. The SMILES string of the molecule is COc1ccc2nc(N3CCN(C(=O)[C@@H]4CCCN(S(C)(=O)=O)C4)CC3)sc2c1. The molecule has 0 aliphatic carbocycles. The number of sulfonamides is 1. The van der Waals surface area contributed by atoms with Crippen LogP contribution in [-0.4, -0.2) is 81.1 Å².